The summed E-state index contributed by atoms with van der Waals surface area (Å²) in [7, 11) is 0. The van der Waals surface area contributed by atoms with Crippen molar-refractivity contribution in [3.8, 4) is 0 Å². The molecule has 1 fully saturated rings. The van der Waals surface area contributed by atoms with Crippen molar-refractivity contribution >= 4 is 22.9 Å². The van der Waals surface area contributed by atoms with Crippen LogP contribution in [0.2, 0.25) is 0 Å². The van der Waals surface area contributed by atoms with Crippen LogP contribution in [0.25, 0.3) is 0 Å². The summed E-state index contributed by atoms with van der Waals surface area (Å²) in [5.74, 6) is -3.14. The Morgan fingerprint density at radius 2 is 2.15 bits per heavy atom. The smallest absolute Gasteiger partial charge is 0.312 e. The van der Waals surface area contributed by atoms with Gasteiger partial charge in [-0.1, -0.05) is 6.07 Å². The first-order chi connectivity index (χ1) is 16.2. The highest BCUT2D eigenvalue weighted by molar-refractivity contribution is 7.14. The monoisotopic (exact) mass is 485 g/mol. The molecular formula is C24H23F2N4O3S. The lowest BCUT2D eigenvalue weighted by Gasteiger charge is -2.30. The number of ether oxygens (including phenoxy) is 1. The number of thiophene rings is 1. The molecule has 1 radical (unpaired) electrons. The van der Waals surface area contributed by atoms with Gasteiger partial charge in [-0.2, -0.15) is 8.78 Å². The number of aliphatic hydroxyl groups excluding tert-OH is 1. The molecule has 0 saturated heterocycles. The number of alkyl halides is 2. The lowest BCUT2D eigenvalue weighted by atomic mass is 9.95. The van der Waals surface area contributed by atoms with E-state index >= 15 is 0 Å². The molecule has 3 aromatic heterocycles. The first-order valence-electron chi connectivity index (χ1n) is 10.9. The van der Waals surface area contributed by atoms with Gasteiger partial charge in [-0.05, 0) is 50.3 Å². The van der Waals surface area contributed by atoms with E-state index < -0.39 is 24.7 Å². The van der Waals surface area contributed by atoms with E-state index in [4.69, 9.17) is 4.74 Å². The van der Waals surface area contributed by atoms with Gasteiger partial charge in [0.15, 0.2) is 0 Å². The molecular weight excluding hydrogens is 462 g/mol. The summed E-state index contributed by atoms with van der Waals surface area (Å²) in [6.07, 6.45) is 4.10. The lowest BCUT2D eigenvalue weighted by Crippen LogP contribution is -2.32. The molecule has 1 aliphatic carbocycles. The lowest BCUT2D eigenvalue weighted by molar-refractivity contribution is -0.119. The van der Waals surface area contributed by atoms with Crippen molar-refractivity contribution in [1.82, 2.24) is 15.0 Å². The highest BCUT2D eigenvalue weighted by Crippen LogP contribution is 2.44. The Balaban J connectivity index is 1.44. The molecule has 0 unspecified atom stereocenters. The minimum atomic E-state index is -3.17. The number of nitrogens with one attached hydrogen (secondary N) is 1. The summed E-state index contributed by atoms with van der Waals surface area (Å²) in [6, 6.07) is 4.81. The number of halogens is 2. The molecule has 5 rings (SSSR count). The van der Waals surface area contributed by atoms with Gasteiger partial charge in [-0.3, -0.25) is 9.78 Å². The van der Waals surface area contributed by atoms with Gasteiger partial charge in [0, 0.05) is 28.9 Å². The van der Waals surface area contributed by atoms with Crippen molar-refractivity contribution in [1.29, 1.82) is 0 Å². The molecule has 1 saturated carbocycles. The maximum absolute atomic E-state index is 14.3. The topological polar surface area (TPSA) is 97.2 Å². The number of hydrogen-bond donors (Lipinski definition) is 2. The van der Waals surface area contributed by atoms with Crippen molar-refractivity contribution in [3.63, 3.8) is 0 Å². The zero-order valence-electron chi connectivity index (χ0n) is 18.4. The molecule has 7 nitrogen and oxygen atoms in total. The summed E-state index contributed by atoms with van der Waals surface area (Å²) in [6.45, 7) is 5.00. The molecule has 10 heteroatoms. The molecule has 3 aromatic rings. The molecule has 2 aliphatic rings. The maximum atomic E-state index is 14.3. The number of aromatic nitrogens is 3. The van der Waals surface area contributed by atoms with Crippen LogP contribution in [0.3, 0.4) is 0 Å². The van der Waals surface area contributed by atoms with E-state index in [0.29, 0.717) is 40.2 Å². The molecule has 4 atom stereocenters. The van der Waals surface area contributed by atoms with Crippen LogP contribution < -0.4 is 5.32 Å². The van der Waals surface area contributed by atoms with Crippen molar-refractivity contribution in [2.24, 2.45) is 5.92 Å². The minimum absolute atomic E-state index is 0.0547. The third kappa shape index (κ3) is 4.10. The van der Waals surface area contributed by atoms with Gasteiger partial charge in [0.2, 0.25) is 5.78 Å². The van der Waals surface area contributed by atoms with Gasteiger partial charge in [-0.15, -0.1) is 11.3 Å². The van der Waals surface area contributed by atoms with E-state index in [1.54, 1.807) is 18.2 Å². The van der Waals surface area contributed by atoms with Crippen LogP contribution in [0.4, 0.5) is 14.6 Å². The predicted octanol–water partition coefficient (Wildman–Crippen LogP) is 4.07. The van der Waals surface area contributed by atoms with Crippen LogP contribution >= 0.6 is 11.3 Å². The molecule has 0 amide bonds. The highest BCUT2D eigenvalue weighted by atomic mass is 32.1. The maximum Gasteiger partial charge on any atom is 0.312 e. The van der Waals surface area contributed by atoms with Crippen molar-refractivity contribution in [2.45, 2.75) is 43.9 Å². The number of nitrogens with zero attached hydrogens (tertiary/aromatic N) is 3. The second-order valence-electron chi connectivity index (χ2n) is 8.71. The van der Waals surface area contributed by atoms with E-state index in [2.05, 4.69) is 27.2 Å². The van der Waals surface area contributed by atoms with Gasteiger partial charge in [0.1, 0.15) is 30.5 Å². The van der Waals surface area contributed by atoms with Crippen LogP contribution in [-0.2, 0) is 10.7 Å². The molecule has 0 bridgehead atoms. The Morgan fingerprint density at radius 1 is 1.32 bits per heavy atom. The van der Waals surface area contributed by atoms with E-state index in [0.717, 1.165) is 4.88 Å². The Morgan fingerprint density at radius 3 is 2.91 bits per heavy atom. The summed E-state index contributed by atoms with van der Waals surface area (Å²) in [5, 5.41) is 13.2. The fourth-order valence-corrected chi connectivity index (χ4v) is 5.57. The summed E-state index contributed by atoms with van der Waals surface area (Å²) in [4.78, 5) is 26.8. The van der Waals surface area contributed by atoms with E-state index in [1.165, 1.54) is 30.1 Å². The zero-order chi connectivity index (χ0) is 24.0. The first-order valence-corrected chi connectivity index (χ1v) is 11.7. The second kappa shape index (κ2) is 8.75. The molecule has 0 aromatic carbocycles. The van der Waals surface area contributed by atoms with E-state index in [1.807, 2.05) is 6.92 Å². The first kappa shape index (κ1) is 22.9. The second-order valence-corrected chi connectivity index (χ2v) is 9.97. The Kier molecular flexibility index (Phi) is 5.91. The summed E-state index contributed by atoms with van der Waals surface area (Å²) >= 11 is 1.27. The standard InChI is InChI=1S/C24H23F2N4O3S/c1-12-6-14(7-18(12)31)30-23-17(9-27-11-29-23)20(32)19-8-16(13(2)34-19)21-15-4-3-5-28-22(15)24(25,26)10-33-21/h3-5,8-9,11-12,14,18,21,31H,1,6-7,10H2,2H3,(H,27,29,30)/t12-,14-,18+,21+/m1/s1. The Bertz CT molecular complexity index is 1220. The molecule has 0 spiro atoms. The summed E-state index contributed by atoms with van der Waals surface area (Å²) in [5.41, 5.74) is 0.959. The number of fused-ring (bicyclic) bond motifs is 1. The fourth-order valence-electron chi connectivity index (χ4n) is 4.56. The number of hydrogen-bond acceptors (Lipinski definition) is 8. The quantitative estimate of drug-likeness (QED) is 0.526. The van der Waals surface area contributed by atoms with Gasteiger partial charge in [0.25, 0.3) is 0 Å². The van der Waals surface area contributed by atoms with Crippen LogP contribution in [0, 0.1) is 19.8 Å². The normalized spacial score (nSPS) is 25.7. The van der Waals surface area contributed by atoms with Gasteiger partial charge in [-0.25, -0.2) is 9.97 Å². The Labute approximate surface area is 199 Å². The van der Waals surface area contributed by atoms with Gasteiger partial charge < -0.3 is 15.2 Å². The van der Waals surface area contributed by atoms with Crippen LogP contribution in [0.1, 0.15) is 55.9 Å². The highest BCUT2D eigenvalue weighted by Gasteiger charge is 2.44. The average Bonchev–Trinajstić information content (AvgIpc) is 3.35. The number of ketones is 1. The van der Waals surface area contributed by atoms with Crippen LogP contribution in [0.15, 0.2) is 36.9 Å². The number of aryl methyl sites for hydroxylation is 1. The Hall–Kier alpha value is -2.82. The number of anilines is 1. The largest absolute Gasteiger partial charge is 0.393 e. The number of aliphatic hydroxyl groups is 1. The molecule has 2 N–H and O–H groups in total. The van der Waals surface area contributed by atoms with Crippen LogP contribution in [0.5, 0.6) is 0 Å². The van der Waals surface area contributed by atoms with E-state index in [9.17, 15) is 18.7 Å². The third-order valence-electron chi connectivity index (χ3n) is 6.32. The number of pyridine rings is 1. The fraction of sp³-hybridized carbons (Fsp3) is 0.375. The molecule has 34 heavy (non-hydrogen) atoms. The van der Waals surface area contributed by atoms with Gasteiger partial charge in [0.05, 0.1) is 16.5 Å². The average molecular weight is 486 g/mol. The third-order valence-corrected chi connectivity index (χ3v) is 7.38. The van der Waals surface area contributed by atoms with Crippen LogP contribution in [-0.4, -0.2) is 44.6 Å². The zero-order valence-corrected chi connectivity index (χ0v) is 19.2. The minimum Gasteiger partial charge on any atom is -0.393 e. The van der Waals surface area contributed by atoms with Crippen molar-refractivity contribution < 1.29 is 23.4 Å². The predicted molar refractivity (Wildman–Crippen MR) is 122 cm³/mol. The van der Waals surface area contributed by atoms with Crippen molar-refractivity contribution in [2.75, 3.05) is 11.9 Å². The molecule has 1 aliphatic heterocycles. The number of carbonyl (C=O) groups excluding carboxylic acids is 1. The number of rotatable bonds is 5. The SMILES string of the molecule is [CH2][C@@H]1C[C@@H](Nc2ncncc2C(=O)c2cc([C@H]3OCC(F)(F)c4ncccc43)c(C)s2)C[C@@H]1O. The van der Waals surface area contributed by atoms with Gasteiger partial charge >= 0.3 is 5.92 Å². The van der Waals surface area contributed by atoms with Crippen molar-refractivity contribution in [3.05, 3.63) is 76.0 Å². The number of carbonyl (C=O) groups is 1. The van der Waals surface area contributed by atoms with E-state index in [-0.39, 0.29) is 23.4 Å². The summed E-state index contributed by atoms with van der Waals surface area (Å²) < 4.78 is 34.2. The molecule has 177 valence electrons. The molecule has 4 heterocycles.